The van der Waals surface area contributed by atoms with Crippen LogP contribution in [0.25, 0.3) is 5.69 Å². The van der Waals surface area contributed by atoms with Crippen LogP contribution in [0.2, 0.25) is 0 Å². The van der Waals surface area contributed by atoms with Crippen molar-refractivity contribution in [3.8, 4) is 5.69 Å². The molecule has 2 aromatic rings. The summed E-state index contributed by atoms with van der Waals surface area (Å²) in [6.45, 7) is 2.89. The van der Waals surface area contributed by atoms with E-state index in [9.17, 15) is 13.6 Å². The van der Waals surface area contributed by atoms with Crippen LogP contribution in [0.15, 0.2) is 12.1 Å². The molecular weight excluding hydrogens is 244 g/mol. The predicted octanol–water partition coefficient (Wildman–Crippen LogP) is 1.86. The molecule has 0 amide bonds. The Morgan fingerprint density at radius 1 is 1.33 bits per heavy atom. The lowest BCUT2D eigenvalue weighted by molar-refractivity contribution is 0.0683. The lowest BCUT2D eigenvalue weighted by atomic mass is 10.2. The zero-order valence-electron chi connectivity index (χ0n) is 9.61. The fourth-order valence-electron chi connectivity index (χ4n) is 1.53. The minimum atomic E-state index is -1.36. The molecule has 5 nitrogen and oxygen atoms in total. The van der Waals surface area contributed by atoms with Crippen LogP contribution in [-0.4, -0.2) is 25.8 Å². The number of nitrogens with zero attached hydrogens (tertiary/aromatic N) is 3. The Balaban J connectivity index is 2.69. The second kappa shape index (κ2) is 4.17. The number of aryl methyl sites for hydroxylation is 2. The van der Waals surface area contributed by atoms with Gasteiger partial charge in [0.25, 0.3) is 5.82 Å². The van der Waals surface area contributed by atoms with Crippen LogP contribution >= 0.6 is 0 Å². The molecule has 1 N–H and O–H groups in total. The number of carbonyl (C=O) groups is 1. The normalized spacial score (nSPS) is 10.7. The van der Waals surface area contributed by atoms with E-state index in [4.69, 9.17) is 5.11 Å². The van der Waals surface area contributed by atoms with E-state index in [2.05, 4.69) is 10.1 Å². The number of halogens is 2. The highest BCUT2D eigenvalue weighted by Gasteiger charge is 2.20. The summed E-state index contributed by atoms with van der Waals surface area (Å²) in [6.07, 6.45) is 0. The van der Waals surface area contributed by atoms with Gasteiger partial charge in [-0.2, -0.15) is 0 Å². The Morgan fingerprint density at radius 3 is 2.56 bits per heavy atom. The van der Waals surface area contributed by atoms with Crippen LogP contribution in [0.5, 0.6) is 0 Å². The number of hydrogen-bond acceptors (Lipinski definition) is 3. The van der Waals surface area contributed by atoms with E-state index in [0.29, 0.717) is 0 Å². The zero-order valence-corrected chi connectivity index (χ0v) is 9.61. The second-order valence-corrected chi connectivity index (χ2v) is 3.73. The number of hydrogen-bond donors (Lipinski definition) is 1. The van der Waals surface area contributed by atoms with Gasteiger partial charge in [-0.1, -0.05) is 6.07 Å². The predicted molar refractivity (Wildman–Crippen MR) is 57.7 cm³/mol. The summed E-state index contributed by atoms with van der Waals surface area (Å²) in [6, 6.07) is 2.38. The maximum absolute atomic E-state index is 13.9. The summed E-state index contributed by atoms with van der Waals surface area (Å²) in [5.74, 6) is -3.39. The molecule has 18 heavy (non-hydrogen) atoms. The molecular formula is C11H9F2N3O2. The third-order valence-electron chi connectivity index (χ3n) is 2.43. The Labute approximate surface area is 101 Å². The van der Waals surface area contributed by atoms with Crippen LogP contribution in [0.4, 0.5) is 8.78 Å². The van der Waals surface area contributed by atoms with Crippen molar-refractivity contribution in [2.24, 2.45) is 0 Å². The summed E-state index contributed by atoms with van der Waals surface area (Å²) >= 11 is 0. The first kappa shape index (κ1) is 12.2. The molecule has 0 bridgehead atoms. The van der Waals surface area contributed by atoms with Gasteiger partial charge in [0, 0.05) is 0 Å². The van der Waals surface area contributed by atoms with Crippen molar-refractivity contribution in [3.63, 3.8) is 0 Å². The number of rotatable bonds is 2. The SMILES string of the molecule is Cc1ccc(F)c(-n2nc(C(=O)O)nc2C)c1F. The number of carboxylic acid groups (broad SMARTS) is 1. The van der Waals surface area contributed by atoms with Crippen molar-refractivity contribution in [2.45, 2.75) is 13.8 Å². The van der Waals surface area contributed by atoms with E-state index in [0.717, 1.165) is 10.7 Å². The van der Waals surface area contributed by atoms with Crippen LogP contribution < -0.4 is 0 Å². The van der Waals surface area contributed by atoms with Gasteiger partial charge < -0.3 is 5.11 Å². The van der Waals surface area contributed by atoms with Gasteiger partial charge in [-0.05, 0) is 25.5 Å². The summed E-state index contributed by atoms with van der Waals surface area (Å²) in [4.78, 5) is 14.3. The molecule has 0 aliphatic rings. The second-order valence-electron chi connectivity index (χ2n) is 3.73. The molecule has 7 heteroatoms. The van der Waals surface area contributed by atoms with Gasteiger partial charge in [0.2, 0.25) is 0 Å². The van der Waals surface area contributed by atoms with Crippen LogP contribution in [0, 0.1) is 25.5 Å². The Bertz CT molecular complexity index is 637. The molecule has 0 unspecified atom stereocenters. The molecule has 94 valence electrons. The van der Waals surface area contributed by atoms with Crippen LogP contribution in [0.1, 0.15) is 22.0 Å². The first-order valence-corrected chi connectivity index (χ1v) is 5.03. The van der Waals surface area contributed by atoms with E-state index < -0.39 is 29.1 Å². The van der Waals surface area contributed by atoms with Gasteiger partial charge in [-0.15, -0.1) is 5.10 Å². The van der Waals surface area contributed by atoms with Crippen molar-refractivity contribution in [3.05, 3.63) is 41.0 Å². The van der Waals surface area contributed by atoms with Crippen molar-refractivity contribution in [2.75, 3.05) is 0 Å². The maximum Gasteiger partial charge on any atom is 0.375 e. The topological polar surface area (TPSA) is 68.0 Å². The van der Waals surface area contributed by atoms with Gasteiger partial charge in [-0.25, -0.2) is 23.2 Å². The third kappa shape index (κ3) is 1.83. The molecule has 2 rings (SSSR count). The average molecular weight is 253 g/mol. The Kier molecular flexibility index (Phi) is 2.82. The van der Waals surface area contributed by atoms with Crippen molar-refractivity contribution in [1.29, 1.82) is 0 Å². The molecule has 0 saturated carbocycles. The highest BCUT2D eigenvalue weighted by atomic mass is 19.1. The van der Waals surface area contributed by atoms with Gasteiger partial charge in [0.05, 0.1) is 0 Å². The monoisotopic (exact) mass is 253 g/mol. The van der Waals surface area contributed by atoms with Gasteiger partial charge in [0.1, 0.15) is 11.5 Å². The van der Waals surface area contributed by atoms with Crippen LogP contribution in [-0.2, 0) is 0 Å². The number of benzene rings is 1. The number of aromatic carboxylic acids is 1. The van der Waals surface area contributed by atoms with Crippen molar-refractivity contribution < 1.29 is 18.7 Å². The maximum atomic E-state index is 13.9. The first-order chi connectivity index (χ1) is 8.41. The Hall–Kier alpha value is -2.31. The molecule has 0 saturated heterocycles. The summed E-state index contributed by atoms with van der Waals surface area (Å²) in [5, 5.41) is 12.3. The minimum Gasteiger partial charge on any atom is -0.475 e. The smallest absolute Gasteiger partial charge is 0.375 e. The molecule has 0 aliphatic carbocycles. The van der Waals surface area contributed by atoms with Crippen molar-refractivity contribution in [1.82, 2.24) is 14.8 Å². The van der Waals surface area contributed by atoms with Gasteiger partial charge >= 0.3 is 5.97 Å². The fourth-order valence-corrected chi connectivity index (χ4v) is 1.53. The highest BCUT2D eigenvalue weighted by Crippen LogP contribution is 2.21. The summed E-state index contributed by atoms with van der Waals surface area (Å²) in [5.41, 5.74) is -0.189. The van der Waals surface area contributed by atoms with Crippen molar-refractivity contribution >= 4 is 5.97 Å². The standard InChI is InChI=1S/C11H9F2N3O2/c1-5-3-4-7(12)9(8(5)13)16-6(2)14-10(15-16)11(17)18/h3-4H,1-2H3,(H,17,18). The molecule has 1 heterocycles. The minimum absolute atomic E-state index is 0.0933. The van der Waals surface area contributed by atoms with Gasteiger partial charge in [0.15, 0.2) is 11.6 Å². The van der Waals surface area contributed by atoms with E-state index in [1.165, 1.54) is 19.9 Å². The van der Waals surface area contributed by atoms with Crippen LogP contribution in [0.3, 0.4) is 0 Å². The fraction of sp³-hybridized carbons (Fsp3) is 0.182. The molecule has 0 fully saturated rings. The number of aromatic nitrogens is 3. The Morgan fingerprint density at radius 2 is 2.00 bits per heavy atom. The summed E-state index contributed by atoms with van der Waals surface area (Å²) < 4.78 is 28.3. The molecule has 0 atom stereocenters. The van der Waals surface area contributed by atoms with E-state index in [1.807, 2.05) is 0 Å². The quantitative estimate of drug-likeness (QED) is 0.887. The first-order valence-electron chi connectivity index (χ1n) is 5.03. The molecule has 1 aromatic carbocycles. The van der Waals surface area contributed by atoms with E-state index in [1.54, 1.807) is 0 Å². The van der Waals surface area contributed by atoms with E-state index in [-0.39, 0.29) is 11.4 Å². The summed E-state index contributed by atoms with van der Waals surface area (Å²) in [7, 11) is 0. The lowest BCUT2D eigenvalue weighted by Gasteiger charge is -2.07. The number of carboxylic acids is 1. The zero-order chi connectivity index (χ0) is 13.4. The van der Waals surface area contributed by atoms with E-state index >= 15 is 0 Å². The highest BCUT2D eigenvalue weighted by molar-refractivity contribution is 5.83. The average Bonchev–Trinajstić information content (AvgIpc) is 2.67. The largest absolute Gasteiger partial charge is 0.475 e. The third-order valence-corrected chi connectivity index (χ3v) is 2.43. The molecule has 1 aromatic heterocycles. The molecule has 0 radical (unpaired) electrons. The molecule has 0 spiro atoms. The lowest BCUT2D eigenvalue weighted by Crippen LogP contribution is -2.07. The van der Waals surface area contributed by atoms with Gasteiger partial charge in [-0.3, -0.25) is 0 Å². The molecule has 0 aliphatic heterocycles.